The second-order valence-corrected chi connectivity index (χ2v) is 2.49. The Morgan fingerprint density at radius 2 is 1.92 bits per heavy atom. The third kappa shape index (κ3) is 3.02. The van der Waals surface area contributed by atoms with E-state index in [2.05, 4.69) is 6.07 Å². The summed E-state index contributed by atoms with van der Waals surface area (Å²) in [5, 5.41) is 13.9. The summed E-state index contributed by atoms with van der Waals surface area (Å²) < 4.78 is 5.30. The molecule has 70 valence electrons. The monoisotopic (exact) mass is 182 g/mol. The van der Waals surface area contributed by atoms with E-state index in [0.29, 0.717) is 0 Å². The molecular weight excluding hydrogens is 172 g/mol. The number of carboxylic acid groups (broad SMARTS) is 2. The zero-order valence-electron chi connectivity index (χ0n) is 6.93. The highest BCUT2D eigenvalue weighted by atomic mass is 16.6. The Balaban J connectivity index is 0.000000184. The first-order valence-electron chi connectivity index (χ1n) is 3.83. The number of hydrogen-bond donors (Lipinski definition) is 2. The van der Waals surface area contributed by atoms with Gasteiger partial charge in [0.2, 0.25) is 0 Å². The summed E-state index contributed by atoms with van der Waals surface area (Å²) in [5.41, 5.74) is 1.34. The van der Waals surface area contributed by atoms with Crippen LogP contribution in [0.15, 0.2) is 24.3 Å². The van der Waals surface area contributed by atoms with Gasteiger partial charge in [0.15, 0.2) is 0 Å². The number of benzene rings is 1. The van der Waals surface area contributed by atoms with Gasteiger partial charge in [0.05, 0.1) is 6.61 Å². The summed E-state index contributed by atoms with van der Waals surface area (Å²) in [5.74, 6) is 1.07. The highest BCUT2D eigenvalue weighted by Gasteiger charge is 2.08. The summed E-state index contributed by atoms with van der Waals surface area (Å²) in [6.45, 7) is 0.860. The van der Waals surface area contributed by atoms with Crippen LogP contribution in [0.3, 0.4) is 0 Å². The van der Waals surface area contributed by atoms with E-state index in [-0.39, 0.29) is 0 Å². The molecule has 2 N–H and O–H groups in total. The number of ether oxygens (including phenoxy) is 1. The molecule has 0 saturated carbocycles. The van der Waals surface area contributed by atoms with E-state index in [0.717, 1.165) is 18.8 Å². The number of hydrogen-bond acceptors (Lipinski definition) is 2. The molecule has 0 saturated heterocycles. The summed E-state index contributed by atoms with van der Waals surface area (Å²) in [6, 6.07) is 8.18. The molecule has 0 bridgehead atoms. The van der Waals surface area contributed by atoms with Gasteiger partial charge in [0, 0.05) is 6.42 Å². The van der Waals surface area contributed by atoms with Crippen LogP contribution < -0.4 is 4.74 Å². The summed E-state index contributed by atoms with van der Waals surface area (Å²) in [6.07, 6.45) is -0.754. The maximum atomic E-state index is 8.56. The van der Waals surface area contributed by atoms with Crippen molar-refractivity contribution in [3.05, 3.63) is 29.8 Å². The lowest BCUT2D eigenvalue weighted by molar-refractivity contribution is 0.137. The van der Waals surface area contributed by atoms with Crippen molar-refractivity contribution < 1.29 is 19.7 Å². The van der Waals surface area contributed by atoms with Crippen LogP contribution in [0.5, 0.6) is 5.75 Å². The van der Waals surface area contributed by atoms with Gasteiger partial charge < -0.3 is 14.9 Å². The lowest BCUT2D eigenvalue weighted by Crippen LogP contribution is -1.85. The first-order valence-corrected chi connectivity index (χ1v) is 3.83. The van der Waals surface area contributed by atoms with Gasteiger partial charge in [0.25, 0.3) is 0 Å². The SMILES string of the molecule is O=C(O)O.c1ccc2c(c1)CCO2. The van der Waals surface area contributed by atoms with Crippen molar-refractivity contribution in [2.24, 2.45) is 0 Å². The van der Waals surface area contributed by atoms with Crippen molar-refractivity contribution in [2.45, 2.75) is 6.42 Å². The Bertz CT molecular complexity index is 268. The Kier molecular flexibility index (Phi) is 3.14. The van der Waals surface area contributed by atoms with E-state index in [1.165, 1.54) is 5.56 Å². The molecule has 0 unspecified atom stereocenters. The fourth-order valence-electron chi connectivity index (χ4n) is 1.12. The van der Waals surface area contributed by atoms with Crippen molar-refractivity contribution in [3.63, 3.8) is 0 Å². The summed E-state index contributed by atoms with van der Waals surface area (Å²) in [7, 11) is 0. The highest BCUT2D eigenvalue weighted by molar-refractivity contribution is 5.53. The van der Waals surface area contributed by atoms with E-state index < -0.39 is 6.16 Å². The minimum atomic E-state index is -1.83. The third-order valence-corrected chi connectivity index (χ3v) is 1.60. The molecule has 13 heavy (non-hydrogen) atoms. The van der Waals surface area contributed by atoms with Crippen LogP contribution in [0.1, 0.15) is 5.56 Å². The number of rotatable bonds is 0. The first kappa shape index (κ1) is 9.38. The van der Waals surface area contributed by atoms with Crippen LogP contribution >= 0.6 is 0 Å². The summed E-state index contributed by atoms with van der Waals surface area (Å²) in [4.78, 5) is 8.56. The second kappa shape index (κ2) is 4.35. The van der Waals surface area contributed by atoms with Gasteiger partial charge in [-0.1, -0.05) is 18.2 Å². The van der Waals surface area contributed by atoms with Crippen LogP contribution in [0.4, 0.5) is 4.79 Å². The maximum Gasteiger partial charge on any atom is 0.503 e. The lowest BCUT2D eigenvalue weighted by atomic mass is 10.2. The molecule has 0 atom stereocenters. The zero-order valence-corrected chi connectivity index (χ0v) is 6.93. The smallest absolute Gasteiger partial charge is 0.493 e. The van der Waals surface area contributed by atoms with E-state index in [1.807, 2.05) is 18.2 Å². The lowest BCUT2D eigenvalue weighted by Gasteiger charge is -1.93. The minimum absolute atomic E-state index is 0.860. The Hall–Kier alpha value is -1.71. The Labute approximate surface area is 75.4 Å². The highest BCUT2D eigenvalue weighted by Crippen LogP contribution is 2.23. The van der Waals surface area contributed by atoms with Gasteiger partial charge in [-0.25, -0.2) is 4.79 Å². The third-order valence-electron chi connectivity index (χ3n) is 1.60. The van der Waals surface area contributed by atoms with Gasteiger partial charge >= 0.3 is 6.16 Å². The molecule has 1 aliphatic heterocycles. The molecule has 1 aromatic rings. The normalized spacial score (nSPS) is 12.0. The Morgan fingerprint density at radius 3 is 2.54 bits per heavy atom. The van der Waals surface area contributed by atoms with E-state index >= 15 is 0 Å². The minimum Gasteiger partial charge on any atom is -0.493 e. The number of carbonyl (C=O) groups is 1. The number of para-hydroxylation sites is 1. The fraction of sp³-hybridized carbons (Fsp3) is 0.222. The molecule has 0 radical (unpaired) electrons. The van der Waals surface area contributed by atoms with Crippen LogP contribution in [0, 0.1) is 0 Å². The van der Waals surface area contributed by atoms with Gasteiger partial charge in [-0.2, -0.15) is 0 Å². The van der Waals surface area contributed by atoms with Crippen LogP contribution in [-0.2, 0) is 6.42 Å². The van der Waals surface area contributed by atoms with E-state index in [4.69, 9.17) is 19.7 Å². The molecule has 0 aromatic heterocycles. The topological polar surface area (TPSA) is 66.8 Å². The van der Waals surface area contributed by atoms with Crippen LogP contribution in [0.25, 0.3) is 0 Å². The molecule has 1 heterocycles. The standard InChI is InChI=1S/C8H8O.CH2O3/c1-2-4-8-7(3-1)5-6-9-8;2-1(3)4/h1-4H,5-6H2;(H2,2,3,4). The van der Waals surface area contributed by atoms with Gasteiger partial charge in [0.1, 0.15) is 5.75 Å². The largest absolute Gasteiger partial charge is 0.503 e. The predicted molar refractivity (Wildman–Crippen MR) is 46.3 cm³/mol. The van der Waals surface area contributed by atoms with Gasteiger partial charge in [-0.05, 0) is 11.6 Å². The van der Waals surface area contributed by atoms with Crippen molar-refractivity contribution in [1.82, 2.24) is 0 Å². The number of fused-ring (bicyclic) bond motifs is 1. The Morgan fingerprint density at radius 1 is 1.31 bits per heavy atom. The predicted octanol–water partition coefficient (Wildman–Crippen LogP) is 1.84. The zero-order chi connectivity index (χ0) is 9.68. The molecule has 0 amide bonds. The van der Waals surface area contributed by atoms with Crippen molar-refractivity contribution >= 4 is 6.16 Å². The van der Waals surface area contributed by atoms with Gasteiger partial charge in [-0.15, -0.1) is 0 Å². The first-order chi connectivity index (χ1) is 6.20. The summed E-state index contributed by atoms with van der Waals surface area (Å²) >= 11 is 0. The van der Waals surface area contributed by atoms with Crippen molar-refractivity contribution in [3.8, 4) is 5.75 Å². The molecule has 1 aliphatic rings. The van der Waals surface area contributed by atoms with Crippen molar-refractivity contribution in [1.29, 1.82) is 0 Å². The second-order valence-electron chi connectivity index (χ2n) is 2.49. The molecular formula is C9H10O4. The molecule has 2 rings (SSSR count). The van der Waals surface area contributed by atoms with Gasteiger partial charge in [-0.3, -0.25) is 0 Å². The molecule has 1 aromatic carbocycles. The molecule has 0 spiro atoms. The fourth-order valence-corrected chi connectivity index (χ4v) is 1.12. The average Bonchev–Trinajstić information content (AvgIpc) is 2.49. The quantitative estimate of drug-likeness (QED) is 0.642. The molecule has 4 nitrogen and oxygen atoms in total. The van der Waals surface area contributed by atoms with Crippen LogP contribution in [0.2, 0.25) is 0 Å². The average molecular weight is 182 g/mol. The van der Waals surface area contributed by atoms with E-state index in [1.54, 1.807) is 0 Å². The maximum absolute atomic E-state index is 8.56. The van der Waals surface area contributed by atoms with Crippen molar-refractivity contribution in [2.75, 3.05) is 6.61 Å². The molecule has 0 aliphatic carbocycles. The van der Waals surface area contributed by atoms with E-state index in [9.17, 15) is 0 Å². The molecule has 0 fully saturated rings. The van der Waals surface area contributed by atoms with Crippen LogP contribution in [-0.4, -0.2) is 23.0 Å². The molecule has 4 heteroatoms.